The zero-order valence-electron chi connectivity index (χ0n) is 10.4. The lowest BCUT2D eigenvalue weighted by atomic mass is 9.98. The summed E-state index contributed by atoms with van der Waals surface area (Å²) in [5.41, 5.74) is 2.63. The Labute approximate surface area is 98.0 Å². The Morgan fingerprint density at radius 1 is 1.25 bits per heavy atom. The Morgan fingerprint density at radius 3 is 2.44 bits per heavy atom. The van der Waals surface area contributed by atoms with Gasteiger partial charge in [0.15, 0.2) is 0 Å². The first kappa shape index (κ1) is 11.6. The fourth-order valence-corrected chi connectivity index (χ4v) is 2.42. The molecular formula is C14H21NO. The first-order valence-corrected chi connectivity index (χ1v) is 6.10. The van der Waals surface area contributed by atoms with Crippen molar-refractivity contribution in [3.05, 3.63) is 35.4 Å². The Balaban J connectivity index is 2.13. The fourth-order valence-electron chi connectivity index (χ4n) is 2.42. The summed E-state index contributed by atoms with van der Waals surface area (Å²) in [5.74, 6) is 0. The molecule has 1 aliphatic heterocycles. The monoisotopic (exact) mass is 219 g/mol. The molecule has 0 amide bonds. The average Bonchev–Trinajstić information content (AvgIpc) is 2.69. The Kier molecular flexibility index (Phi) is 3.62. The maximum Gasteiger partial charge on any atom is 0.0774 e. The van der Waals surface area contributed by atoms with Gasteiger partial charge >= 0.3 is 0 Å². The van der Waals surface area contributed by atoms with Gasteiger partial charge in [-0.15, -0.1) is 0 Å². The van der Waals surface area contributed by atoms with Crippen LogP contribution in [-0.2, 0) is 4.74 Å². The Morgan fingerprint density at radius 2 is 1.94 bits per heavy atom. The zero-order chi connectivity index (χ0) is 11.5. The van der Waals surface area contributed by atoms with E-state index in [1.807, 2.05) is 7.05 Å². The van der Waals surface area contributed by atoms with E-state index < -0.39 is 0 Å². The number of ether oxygens (including phenoxy) is 1. The van der Waals surface area contributed by atoms with Gasteiger partial charge in [-0.1, -0.05) is 29.8 Å². The summed E-state index contributed by atoms with van der Waals surface area (Å²) in [4.78, 5) is 0. The van der Waals surface area contributed by atoms with Crippen LogP contribution >= 0.6 is 0 Å². The van der Waals surface area contributed by atoms with Crippen LogP contribution in [0.1, 0.15) is 36.9 Å². The van der Waals surface area contributed by atoms with Crippen LogP contribution in [0.25, 0.3) is 0 Å². The molecule has 2 nitrogen and oxygen atoms in total. The predicted octanol–water partition coefficient (Wildman–Crippen LogP) is 2.82. The normalized spacial score (nSPS) is 26.9. The summed E-state index contributed by atoms with van der Waals surface area (Å²) in [6.07, 6.45) is 3.06. The van der Waals surface area contributed by atoms with Crippen molar-refractivity contribution in [2.75, 3.05) is 7.05 Å². The van der Waals surface area contributed by atoms with E-state index in [1.54, 1.807) is 0 Å². The highest BCUT2D eigenvalue weighted by Crippen LogP contribution is 2.29. The van der Waals surface area contributed by atoms with Crippen molar-refractivity contribution in [1.29, 1.82) is 0 Å². The minimum Gasteiger partial charge on any atom is -0.373 e. The van der Waals surface area contributed by atoms with E-state index in [1.165, 1.54) is 17.5 Å². The molecule has 1 N–H and O–H groups in total. The number of benzene rings is 1. The molecular weight excluding hydrogens is 198 g/mol. The van der Waals surface area contributed by atoms with E-state index in [-0.39, 0.29) is 0 Å². The second kappa shape index (κ2) is 4.98. The fraction of sp³-hybridized carbons (Fsp3) is 0.571. The SMILES string of the molecule is CNC(c1ccc(C)cc1)C1CCC(C)O1. The highest BCUT2D eigenvalue weighted by atomic mass is 16.5. The van der Waals surface area contributed by atoms with Crippen LogP contribution in [0.4, 0.5) is 0 Å². The molecule has 1 saturated heterocycles. The second-order valence-electron chi connectivity index (χ2n) is 4.74. The van der Waals surface area contributed by atoms with Crippen LogP contribution in [0, 0.1) is 6.92 Å². The highest BCUT2D eigenvalue weighted by molar-refractivity contribution is 5.25. The lowest BCUT2D eigenvalue weighted by Gasteiger charge is -2.23. The molecule has 1 aliphatic rings. The number of hydrogen-bond acceptors (Lipinski definition) is 2. The van der Waals surface area contributed by atoms with Crippen molar-refractivity contribution >= 4 is 0 Å². The van der Waals surface area contributed by atoms with E-state index in [0.29, 0.717) is 18.2 Å². The Bertz CT molecular complexity index is 333. The van der Waals surface area contributed by atoms with Crippen LogP contribution in [0.5, 0.6) is 0 Å². The molecule has 2 rings (SSSR count). The first-order chi connectivity index (χ1) is 7.70. The molecule has 2 heteroatoms. The van der Waals surface area contributed by atoms with E-state index in [2.05, 4.69) is 43.4 Å². The molecule has 0 saturated carbocycles. The molecule has 0 aliphatic carbocycles. The van der Waals surface area contributed by atoms with Crippen molar-refractivity contribution in [2.45, 2.75) is 44.9 Å². The van der Waals surface area contributed by atoms with E-state index in [9.17, 15) is 0 Å². The molecule has 3 unspecified atom stereocenters. The zero-order valence-corrected chi connectivity index (χ0v) is 10.4. The summed E-state index contributed by atoms with van der Waals surface area (Å²) < 4.78 is 5.94. The van der Waals surface area contributed by atoms with Crippen LogP contribution < -0.4 is 5.32 Å². The largest absolute Gasteiger partial charge is 0.373 e. The summed E-state index contributed by atoms with van der Waals surface area (Å²) in [6.45, 7) is 4.27. The number of nitrogens with one attached hydrogen (secondary N) is 1. The lowest BCUT2D eigenvalue weighted by Crippen LogP contribution is -2.29. The highest BCUT2D eigenvalue weighted by Gasteiger charge is 2.29. The van der Waals surface area contributed by atoms with Gasteiger partial charge in [0, 0.05) is 0 Å². The van der Waals surface area contributed by atoms with Crippen molar-refractivity contribution in [3.8, 4) is 0 Å². The summed E-state index contributed by atoms with van der Waals surface area (Å²) in [7, 11) is 2.01. The van der Waals surface area contributed by atoms with Crippen molar-refractivity contribution in [3.63, 3.8) is 0 Å². The van der Waals surface area contributed by atoms with Crippen molar-refractivity contribution < 1.29 is 4.74 Å². The van der Waals surface area contributed by atoms with Crippen LogP contribution in [0.3, 0.4) is 0 Å². The second-order valence-corrected chi connectivity index (χ2v) is 4.74. The first-order valence-electron chi connectivity index (χ1n) is 6.10. The Hall–Kier alpha value is -0.860. The minimum absolute atomic E-state index is 0.322. The quantitative estimate of drug-likeness (QED) is 0.844. The van der Waals surface area contributed by atoms with Gasteiger partial charge in [0.25, 0.3) is 0 Å². The molecule has 88 valence electrons. The molecule has 0 spiro atoms. The summed E-state index contributed by atoms with van der Waals surface area (Å²) >= 11 is 0. The maximum atomic E-state index is 5.94. The summed E-state index contributed by atoms with van der Waals surface area (Å²) in [5, 5.41) is 3.38. The number of likely N-dealkylation sites (N-methyl/N-ethyl adjacent to an activating group) is 1. The molecule has 1 aromatic rings. The smallest absolute Gasteiger partial charge is 0.0774 e. The van der Waals surface area contributed by atoms with Crippen molar-refractivity contribution in [1.82, 2.24) is 5.32 Å². The van der Waals surface area contributed by atoms with Gasteiger partial charge in [0.1, 0.15) is 0 Å². The molecule has 0 radical (unpaired) electrons. The van der Waals surface area contributed by atoms with E-state index >= 15 is 0 Å². The molecule has 0 aromatic heterocycles. The van der Waals surface area contributed by atoms with Crippen LogP contribution in [0.2, 0.25) is 0 Å². The van der Waals surface area contributed by atoms with Crippen LogP contribution in [0.15, 0.2) is 24.3 Å². The van der Waals surface area contributed by atoms with Gasteiger partial charge in [-0.3, -0.25) is 0 Å². The average molecular weight is 219 g/mol. The van der Waals surface area contributed by atoms with Gasteiger partial charge in [-0.2, -0.15) is 0 Å². The topological polar surface area (TPSA) is 21.3 Å². The lowest BCUT2D eigenvalue weighted by molar-refractivity contribution is 0.0333. The molecule has 0 bridgehead atoms. The van der Waals surface area contributed by atoms with Gasteiger partial charge in [-0.05, 0) is 39.3 Å². The summed E-state index contributed by atoms with van der Waals surface area (Å²) in [6, 6.07) is 9.05. The maximum absolute atomic E-state index is 5.94. The molecule has 1 aromatic carbocycles. The number of hydrogen-bond donors (Lipinski definition) is 1. The molecule has 16 heavy (non-hydrogen) atoms. The van der Waals surface area contributed by atoms with E-state index in [0.717, 1.165) is 6.42 Å². The van der Waals surface area contributed by atoms with Crippen molar-refractivity contribution in [2.24, 2.45) is 0 Å². The molecule has 1 fully saturated rings. The third-order valence-corrected chi connectivity index (χ3v) is 3.38. The van der Waals surface area contributed by atoms with Gasteiger partial charge < -0.3 is 10.1 Å². The third kappa shape index (κ3) is 2.45. The standard InChI is InChI=1S/C14H21NO/c1-10-4-7-12(8-5-10)14(15-3)13-9-6-11(2)16-13/h4-5,7-8,11,13-15H,6,9H2,1-3H3. The third-order valence-electron chi connectivity index (χ3n) is 3.38. The van der Waals surface area contributed by atoms with Crippen LogP contribution in [-0.4, -0.2) is 19.3 Å². The molecule has 3 atom stereocenters. The van der Waals surface area contributed by atoms with Gasteiger partial charge in [0.2, 0.25) is 0 Å². The number of aryl methyl sites for hydroxylation is 1. The minimum atomic E-state index is 0.322. The van der Waals surface area contributed by atoms with E-state index in [4.69, 9.17) is 4.74 Å². The van der Waals surface area contributed by atoms with Gasteiger partial charge in [-0.25, -0.2) is 0 Å². The predicted molar refractivity (Wildman–Crippen MR) is 66.5 cm³/mol. The molecule has 1 heterocycles. The number of rotatable bonds is 3. The van der Waals surface area contributed by atoms with Gasteiger partial charge in [0.05, 0.1) is 18.2 Å².